The van der Waals surface area contributed by atoms with Gasteiger partial charge in [-0.3, -0.25) is 0 Å². The van der Waals surface area contributed by atoms with Crippen molar-refractivity contribution in [3.05, 3.63) is 78.4 Å². The van der Waals surface area contributed by atoms with Crippen molar-refractivity contribution in [2.75, 3.05) is 11.5 Å². The van der Waals surface area contributed by atoms with E-state index < -0.39 is 5.97 Å². The Kier molecular flexibility index (Phi) is 3.97. The number of carbonyl (C=O) groups excluding carboxylic acids is 1. The van der Waals surface area contributed by atoms with Crippen LogP contribution in [0, 0.1) is 0 Å². The molecular weight excluding hydrogens is 288 g/mol. The average Bonchev–Trinajstić information content (AvgIpc) is 2.58. The zero-order chi connectivity index (χ0) is 16.2. The van der Waals surface area contributed by atoms with Crippen molar-refractivity contribution in [1.82, 2.24) is 0 Å². The predicted molar refractivity (Wildman–Crippen MR) is 92.1 cm³/mol. The number of hydrogen-bond donors (Lipinski definition) is 2. The maximum absolute atomic E-state index is 12.3. The van der Waals surface area contributed by atoms with Crippen molar-refractivity contribution in [2.24, 2.45) is 0 Å². The van der Waals surface area contributed by atoms with Gasteiger partial charge in [-0.25, -0.2) is 4.79 Å². The Bertz CT molecular complexity index is 828. The molecule has 0 unspecified atom stereocenters. The smallest absolute Gasteiger partial charge is 0.343 e. The van der Waals surface area contributed by atoms with Crippen molar-refractivity contribution in [3.63, 3.8) is 0 Å². The van der Waals surface area contributed by atoms with Crippen LogP contribution in [0.5, 0.6) is 5.75 Å². The number of nitrogen functional groups attached to an aromatic ring is 2. The Morgan fingerprint density at radius 1 is 0.826 bits per heavy atom. The molecule has 0 radical (unpaired) electrons. The number of ether oxygens (including phenoxy) is 1. The molecule has 4 nitrogen and oxygen atoms in total. The fourth-order valence-corrected chi connectivity index (χ4v) is 2.25. The van der Waals surface area contributed by atoms with Gasteiger partial charge >= 0.3 is 5.97 Å². The Morgan fingerprint density at radius 3 is 2.22 bits per heavy atom. The molecule has 3 aromatic rings. The fourth-order valence-electron chi connectivity index (χ4n) is 2.25. The molecule has 0 aliphatic rings. The van der Waals surface area contributed by atoms with Gasteiger partial charge in [-0.1, -0.05) is 30.3 Å². The van der Waals surface area contributed by atoms with Gasteiger partial charge in [0.2, 0.25) is 0 Å². The molecule has 3 aromatic carbocycles. The quantitative estimate of drug-likeness (QED) is 0.439. The number of rotatable bonds is 3. The van der Waals surface area contributed by atoms with Gasteiger partial charge in [-0.05, 0) is 48.0 Å². The largest absolute Gasteiger partial charge is 0.423 e. The maximum Gasteiger partial charge on any atom is 0.343 e. The van der Waals surface area contributed by atoms with Crippen molar-refractivity contribution in [2.45, 2.75) is 0 Å². The molecule has 0 saturated heterocycles. The molecule has 0 atom stereocenters. The molecule has 4 heteroatoms. The summed E-state index contributed by atoms with van der Waals surface area (Å²) in [6.45, 7) is 0. The third-order valence-electron chi connectivity index (χ3n) is 3.46. The highest BCUT2D eigenvalue weighted by atomic mass is 16.5. The van der Waals surface area contributed by atoms with Gasteiger partial charge in [-0.2, -0.15) is 0 Å². The lowest BCUT2D eigenvalue weighted by molar-refractivity contribution is 0.0735. The van der Waals surface area contributed by atoms with Crippen LogP contribution in [-0.4, -0.2) is 5.97 Å². The molecule has 0 saturated carbocycles. The van der Waals surface area contributed by atoms with E-state index in [0.717, 1.165) is 11.1 Å². The lowest BCUT2D eigenvalue weighted by atomic mass is 10.0. The summed E-state index contributed by atoms with van der Waals surface area (Å²) in [4.78, 5) is 12.3. The average molecular weight is 304 g/mol. The highest BCUT2D eigenvalue weighted by molar-refractivity contribution is 5.94. The molecule has 114 valence electrons. The van der Waals surface area contributed by atoms with E-state index >= 15 is 0 Å². The Hall–Kier alpha value is -3.27. The predicted octanol–water partition coefficient (Wildman–Crippen LogP) is 3.74. The number of esters is 1. The van der Waals surface area contributed by atoms with E-state index in [1.807, 2.05) is 30.3 Å². The minimum atomic E-state index is -0.438. The van der Waals surface area contributed by atoms with Crippen molar-refractivity contribution < 1.29 is 9.53 Å². The van der Waals surface area contributed by atoms with Crippen LogP contribution in [0.1, 0.15) is 10.4 Å². The van der Waals surface area contributed by atoms with Crippen LogP contribution in [0.25, 0.3) is 11.1 Å². The van der Waals surface area contributed by atoms with Crippen molar-refractivity contribution in [3.8, 4) is 16.9 Å². The minimum Gasteiger partial charge on any atom is -0.423 e. The molecular formula is C19H16N2O2. The second-order valence-corrected chi connectivity index (χ2v) is 5.13. The first-order valence-electron chi connectivity index (χ1n) is 7.16. The lowest BCUT2D eigenvalue weighted by Gasteiger charge is -2.09. The summed E-state index contributed by atoms with van der Waals surface area (Å²) in [5, 5.41) is 0. The minimum absolute atomic E-state index is 0.438. The summed E-state index contributed by atoms with van der Waals surface area (Å²) in [6.07, 6.45) is 0. The van der Waals surface area contributed by atoms with Gasteiger partial charge in [0.25, 0.3) is 0 Å². The summed E-state index contributed by atoms with van der Waals surface area (Å²) in [6, 6.07) is 21.4. The van der Waals surface area contributed by atoms with Crippen LogP contribution in [0.4, 0.5) is 11.4 Å². The normalized spacial score (nSPS) is 10.3. The monoisotopic (exact) mass is 304 g/mol. The van der Waals surface area contributed by atoms with Crippen LogP contribution in [0.15, 0.2) is 72.8 Å². The van der Waals surface area contributed by atoms with E-state index in [4.69, 9.17) is 16.2 Å². The first-order valence-corrected chi connectivity index (χ1v) is 7.16. The summed E-state index contributed by atoms with van der Waals surface area (Å²) < 4.78 is 5.35. The van der Waals surface area contributed by atoms with Gasteiger partial charge in [-0.15, -0.1) is 0 Å². The highest BCUT2D eigenvalue weighted by Crippen LogP contribution is 2.27. The molecule has 0 spiro atoms. The van der Waals surface area contributed by atoms with E-state index in [1.54, 1.807) is 42.5 Å². The van der Waals surface area contributed by atoms with E-state index in [9.17, 15) is 4.79 Å². The van der Waals surface area contributed by atoms with Crippen LogP contribution in [0.2, 0.25) is 0 Å². The van der Waals surface area contributed by atoms with Gasteiger partial charge in [0, 0.05) is 16.9 Å². The molecule has 3 rings (SSSR count). The second kappa shape index (κ2) is 6.23. The maximum atomic E-state index is 12.3. The first kappa shape index (κ1) is 14.7. The molecule has 23 heavy (non-hydrogen) atoms. The van der Waals surface area contributed by atoms with Gasteiger partial charge in [0.05, 0.1) is 5.56 Å². The van der Waals surface area contributed by atoms with Crippen LogP contribution in [-0.2, 0) is 0 Å². The van der Waals surface area contributed by atoms with Gasteiger partial charge in [0.15, 0.2) is 0 Å². The SMILES string of the molecule is Nc1ccc(OC(=O)c2ccc(N)c(-c3ccccc3)c2)cc1. The Morgan fingerprint density at radius 2 is 1.52 bits per heavy atom. The van der Waals surface area contributed by atoms with Crippen molar-refractivity contribution >= 4 is 17.3 Å². The molecule has 0 aliphatic heterocycles. The van der Waals surface area contributed by atoms with E-state index in [0.29, 0.717) is 22.7 Å². The molecule has 0 amide bonds. The molecule has 0 heterocycles. The zero-order valence-corrected chi connectivity index (χ0v) is 12.4. The van der Waals surface area contributed by atoms with E-state index in [2.05, 4.69) is 0 Å². The summed E-state index contributed by atoms with van der Waals surface area (Å²) in [7, 11) is 0. The van der Waals surface area contributed by atoms with Crippen LogP contribution in [0.3, 0.4) is 0 Å². The first-order chi connectivity index (χ1) is 11.1. The number of hydrogen-bond acceptors (Lipinski definition) is 4. The van der Waals surface area contributed by atoms with E-state index in [-0.39, 0.29) is 0 Å². The fraction of sp³-hybridized carbons (Fsp3) is 0. The summed E-state index contributed by atoms with van der Waals surface area (Å²) in [5.74, 6) is 0.00855. The van der Waals surface area contributed by atoms with Crippen LogP contribution < -0.4 is 16.2 Å². The standard InChI is InChI=1S/C19H16N2O2/c20-15-7-9-16(10-8-15)23-19(22)14-6-11-18(21)17(12-14)13-4-2-1-3-5-13/h1-12H,20-21H2. The summed E-state index contributed by atoms with van der Waals surface area (Å²) in [5.41, 5.74) is 15.1. The molecule has 0 aliphatic carbocycles. The zero-order valence-electron chi connectivity index (χ0n) is 12.4. The number of benzene rings is 3. The Labute approximate surface area is 134 Å². The molecule has 4 N–H and O–H groups in total. The molecule has 0 bridgehead atoms. The number of anilines is 2. The second-order valence-electron chi connectivity index (χ2n) is 5.13. The van der Waals surface area contributed by atoms with Gasteiger partial charge in [0.1, 0.15) is 5.75 Å². The topological polar surface area (TPSA) is 78.3 Å². The molecule has 0 fully saturated rings. The lowest BCUT2D eigenvalue weighted by Crippen LogP contribution is -2.09. The third kappa shape index (κ3) is 3.32. The molecule has 0 aromatic heterocycles. The number of carbonyl (C=O) groups is 1. The van der Waals surface area contributed by atoms with Gasteiger partial charge < -0.3 is 16.2 Å². The summed E-state index contributed by atoms with van der Waals surface area (Å²) >= 11 is 0. The highest BCUT2D eigenvalue weighted by Gasteiger charge is 2.12. The van der Waals surface area contributed by atoms with E-state index in [1.165, 1.54) is 0 Å². The third-order valence-corrected chi connectivity index (χ3v) is 3.46. The Balaban J connectivity index is 1.88. The van der Waals surface area contributed by atoms with Crippen molar-refractivity contribution in [1.29, 1.82) is 0 Å². The number of nitrogens with two attached hydrogens (primary N) is 2. The van der Waals surface area contributed by atoms with Crippen LogP contribution >= 0.6 is 0 Å².